The molecule has 1 N–H and O–H groups in total. The smallest absolute Gasteiger partial charge is 0.256 e. The number of aliphatic imine (C=N–C) groups is 1. The predicted molar refractivity (Wildman–Crippen MR) is 121 cm³/mol. The molecule has 0 bridgehead atoms. The van der Waals surface area contributed by atoms with Crippen molar-refractivity contribution in [3.05, 3.63) is 52.9 Å². The summed E-state index contributed by atoms with van der Waals surface area (Å²) < 4.78 is 5.43. The fraction of sp³-hybridized carbons (Fsp3) is 0.520. The molecule has 0 saturated carbocycles. The van der Waals surface area contributed by atoms with Crippen molar-refractivity contribution in [2.75, 3.05) is 6.54 Å². The van der Waals surface area contributed by atoms with Crippen LogP contribution in [0.1, 0.15) is 62.1 Å². The lowest BCUT2D eigenvalue weighted by molar-refractivity contribution is -0.134. The highest BCUT2D eigenvalue weighted by Gasteiger charge is 2.48. The number of carbonyl (C=O) groups excluding carboxylic acids is 2. The van der Waals surface area contributed by atoms with E-state index in [0.717, 1.165) is 16.8 Å². The number of hydrogen-bond acceptors (Lipinski definition) is 5. The monoisotopic (exact) mass is 437 g/mol. The number of hydrogen-bond donors (Lipinski definition) is 1. The van der Waals surface area contributed by atoms with E-state index in [0.29, 0.717) is 24.3 Å². The highest BCUT2D eigenvalue weighted by Crippen LogP contribution is 2.39. The summed E-state index contributed by atoms with van der Waals surface area (Å²) in [4.78, 5) is 32.7. The first-order chi connectivity index (χ1) is 15.1. The number of β-amino-alcohol motifs (C(OH)–C–C–N with tert-alkyl or cyclic N) is 1. The maximum atomic E-state index is 13.6. The topological polar surface area (TPSA) is 96.0 Å². The van der Waals surface area contributed by atoms with Crippen molar-refractivity contribution in [2.45, 2.75) is 70.9 Å². The minimum absolute atomic E-state index is 0.0155. The van der Waals surface area contributed by atoms with E-state index in [2.05, 4.69) is 10.1 Å². The third kappa shape index (κ3) is 3.90. The van der Waals surface area contributed by atoms with Gasteiger partial charge in [0.1, 0.15) is 11.7 Å². The zero-order valence-electron chi connectivity index (χ0n) is 19.3. The largest absolute Gasteiger partial charge is 0.391 e. The van der Waals surface area contributed by atoms with Crippen LogP contribution in [0.3, 0.4) is 0 Å². The first-order valence-corrected chi connectivity index (χ1v) is 11.2. The first kappa shape index (κ1) is 22.4. The van der Waals surface area contributed by atoms with E-state index in [-0.39, 0.29) is 24.3 Å². The van der Waals surface area contributed by atoms with Crippen LogP contribution >= 0.6 is 0 Å². The Kier molecular flexibility index (Phi) is 5.79. The second kappa shape index (κ2) is 8.28. The van der Waals surface area contributed by atoms with Crippen LogP contribution in [0, 0.1) is 19.8 Å². The molecule has 0 aliphatic carbocycles. The van der Waals surface area contributed by atoms with Crippen molar-refractivity contribution in [2.24, 2.45) is 10.9 Å². The minimum atomic E-state index is -0.759. The van der Waals surface area contributed by atoms with Crippen molar-refractivity contribution in [3.8, 4) is 0 Å². The van der Waals surface area contributed by atoms with E-state index >= 15 is 0 Å². The summed E-state index contributed by atoms with van der Waals surface area (Å²) in [5.74, 6) is -0.326. The van der Waals surface area contributed by atoms with Crippen LogP contribution in [0.5, 0.6) is 0 Å². The number of aliphatic hydroxyl groups excluding tert-OH is 1. The Morgan fingerprint density at radius 2 is 1.94 bits per heavy atom. The van der Waals surface area contributed by atoms with E-state index in [1.807, 2.05) is 58.9 Å². The number of likely N-dealkylation sites (tertiary alicyclic amines) is 1. The third-order valence-corrected chi connectivity index (χ3v) is 6.77. The van der Waals surface area contributed by atoms with Gasteiger partial charge in [-0.25, -0.2) is 4.99 Å². The van der Waals surface area contributed by atoms with Gasteiger partial charge in [-0.1, -0.05) is 48.8 Å². The lowest BCUT2D eigenvalue weighted by Crippen LogP contribution is -2.44. The quantitative estimate of drug-likeness (QED) is 0.774. The molecule has 0 unspecified atom stereocenters. The van der Waals surface area contributed by atoms with Gasteiger partial charge < -0.3 is 14.5 Å². The number of aromatic nitrogens is 1. The summed E-state index contributed by atoms with van der Waals surface area (Å²) in [5, 5.41) is 14.4. The molecule has 7 nitrogen and oxygen atoms in total. The second-order valence-corrected chi connectivity index (χ2v) is 9.77. The van der Waals surface area contributed by atoms with E-state index in [9.17, 15) is 14.7 Å². The molecule has 0 spiro atoms. The van der Waals surface area contributed by atoms with Gasteiger partial charge in [0.2, 0.25) is 5.91 Å². The fourth-order valence-electron chi connectivity index (χ4n) is 4.89. The molecule has 32 heavy (non-hydrogen) atoms. The number of amides is 2. The molecule has 170 valence electrons. The van der Waals surface area contributed by atoms with Crippen molar-refractivity contribution in [3.63, 3.8) is 0 Å². The standard InChI is InChI=1S/C25H31N3O4/c1-14(2)22(21-10-16(4)27-32-21)23(30)28-13-18(29)11-20(28)19-12-25(5,24(31)26-19)17-8-6-15(3)7-9-17/h6-10,14,18,20,22,29H,11-13H2,1-5H3/t18-,20-,22-,25-/m1/s1. The van der Waals surface area contributed by atoms with E-state index in [1.54, 1.807) is 11.0 Å². The van der Waals surface area contributed by atoms with Gasteiger partial charge in [-0.3, -0.25) is 9.59 Å². The van der Waals surface area contributed by atoms with Crippen molar-refractivity contribution < 1.29 is 19.2 Å². The molecule has 2 aromatic rings. The normalized spacial score (nSPS) is 26.7. The van der Waals surface area contributed by atoms with Crippen LogP contribution in [0.4, 0.5) is 0 Å². The first-order valence-electron chi connectivity index (χ1n) is 11.2. The van der Waals surface area contributed by atoms with Crippen LogP contribution in [-0.4, -0.2) is 51.4 Å². The Morgan fingerprint density at radius 3 is 2.53 bits per heavy atom. The van der Waals surface area contributed by atoms with Crippen molar-refractivity contribution >= 4 is 17.5 Å². The number of aliphatic hydroxyl groups is 1. The van der Waals surface area contributed by atoms with Crippen LogP contribution < -0.4 is 0 Å². The van der Waals surface area contributed by atoms with Crippen LogP contribution in [0.15, 0.2) is 39.8 Å². The van der Waals surface area contributed by atoms with Crippen LogP contribution in [0.25, 0.3) is 0 Å². The Balaban J connectivity index is 1.61. The van der Waals surface area contributed by atoms with Gasteiger partial charge in [0.25, 0.3) is 5.91 Å². The summed E-state index contributed by atoms with van der Waals surface area (Å²) in [6.45, 7) is 9.88. The zero-order chi connectivity index (χ0) is 23.2. The highest BCUT2D eigenvalue weighted by atomic mass is 16.5. The van der Waals surface area contributed by atoms with Crippen molar-refractivity contribution in [1.82, 2.24) is 10.1 Å². The van der Waals surface area contributed by atoms with Gasteiger partial charge in [-0.05, 0) is 32.3 Å². The number of benzene rings is 1. The summed E-state index contributed by atoms with van der Waals surface area (Å²) in [5.41, 5.74) is 2.67. The Hall–Kier alpha value is -2.80. The van der Waals surface area contributed by atoms with Gasteiger partial charge in [-0.2, -0.15) is 0 Å². The molecule has 1 aromatic carbocycles. The average molecular weight is 438 g/mol. The molecular weight excluding hydrogens is 406 g/mol. The molecule has 4 atom stereocenters. The summed E-state index contributed by atoms with van der Waals surface area (Å²) in [6, 6.07) is 9.31. The molecular formula is C25H31N3O4. The average Bonchev–Trinajstić information content (AvgIpc) is 3.40. The third-order valence-electron chi connectivity index (χ3n) is 6.77. The second-order valence-electron chi connectivity index (χ2n) is 9.77. The zero-order valence-corrected chi connectivity index (χ0v) is 19.3. The van der Waals surface area contributed by atoms with E-state index in [1.165, 1.54) is 0 Å². The summed E-state index contributed by atoms with van der Waals surface area (Å²) in [6.07, 6.45) is 0.156. The van der Waals surface area contributed by atoms with Crippen LogP contribution in [-0.2, 0) is 15.0 Å². The highest BCUT2D eigenvalue weighted by molar-refractivity contribution is 6.11. The van der Waals surface area contributed by atoms with E-state index < -0.39 is 23.5 Å². The molecule has 7 heteroatoms. The lowest BCUT2D eigenvalue weighted by Gasteiger charge is -2.30. The Bertz CT molecular complexity index is 1060. The molecule has 2 aliphatic heterocycles. The van der Waals surface area contributed by atoms with E-state index in [4.69, 9.17) is 4.52 Å². The number of aryl methyl sites for hydroxylation is 2. The van der Waals surface area contributed by atoms with Crippen LogP contribution in [0.2, 0.25) is 0 Å². The summed E-state index contributed by atoms with van der Waals surface area (Å²) >= 11 is 0. The van der Waals surface area contributed by atoms with Gasteiger partial charge in [0.15, 0.2) is 0 Å². The molecule has 1 fully saturated rings. The number of rotatable bonds is 5. The lowest BCUT2D eigenvalue weighted by atomic mass is 9.78. The minimum Gasteiger partial charge on any atom is -0.391 e. The number of carbonyl (C=O) groups is 2. The molecule has 2 amide bonds. The van der Waals surface area contributed by atoms with Crippen molar-refractivity contribution in [1.29, 1.82) is 0 Å². The SMILES string of the molecule is Cc1ccc([C@@]2(C)CC([C@H]3C[C@@H](O)CN3C(=O)[C@@H](c3cc(C)no3)C(C)C)=NC2=O)cc1. The van der Waals surface area contributed by atoms with Gasteiger partial charge in [0.05, 0.1) is 23.3 Å². The molecule has 2 aliphatic rings. The Labute approximate surface area is 188 Å². The maximum Gasteiger partial charge on any atom is 0.256 e. The van der Waals surface area contributed by atoms with Gasteiger partial charge in [-0.15, -0.1) is 0 Å². The molecule has 4 rings (SSSR count). The summed E-state index contributed by atoms with van der Waals surface area (Å²) in [7, 11) is 0. The maximum absolute atomic E-state index is 13.6. The molecule has 3 heterocycles. The predicted octanol–water partition coefficient (Wildman–Crippen LogP) is 3.32. The molecule has 0 radical (unpaired) electrons. The molecule has 1 aromatic heterocycles. The van der Waals surface area contributed by atoms with Gasteiger partial charge in [0, 0.05) is 31.2 Å². The van der Waals surface area contributed by atoms with Gasteiger partial charge >= 0.3 is 0 Å². The molecule has 1 saturated heterocycles. The fourth-order valence-corrected chi connectivity index (χ4v) is 4.89. The number of nitrogens with zero attached hydrogens (tertiary/aromatic N) is 3. The Morgan fingerprint density at radius 1 is 1.25 bits per heavy atom.